The third-order valence-corrected chi connectivity index (χ3v) is 4.59. The summed E-state index contributed by atoms with van der Waals surface area (Å²) in [6, 6.07) is 17.7. The van der Waals surface area contributed by atoms with Crippen molar-refractivity contribution >= 4 is 11.6 Å². The smallest absolute Gasteiger partial charge is 0.239 e. The first-order chi connectivity index (χ1) is 11.2. The monoisotopic (exact) mass is 309 g/mol. The molecule has 2 aromatic carbocycles. The number of nitrogens with zero attached hydrogens (tertiary/aromatic N) is 1. The fourth-order valence-corrected chi connectivity index (χ4v) is 3.31. The number of carbonyl (C=O) groups is 1. The summed E-state index contributed by atoms with van der Waals surface area (Å²) in [5, 5.41) is 3.37. The van der Waals surface area contributed by atoms with Gasteiger partial charge < -0.3 is 16.0 Å². The first-order valence-electron chi connectivity index (χ1n) is 8.04. The summed E-state index contributed by atoms with van der Waals surface area (Å²) < 4.78 is 0. The summed E-state index contributed by atoms with van der Waals surface area (Å²) in [5.74, 6) is 0.0605. The van der Waals surface area contributed by atoms with E-state index >= 15 is 0 Å². The summed E-state index contributed by atoms with van der Waals surface area (Å²) in [6.45, 7) is 1.77. The molecule has 2 aromatic rings. The zero-order valence-electron chi connectivity index (χ0n) is 13.4. The summed E-state index contributed by atoms with van der Waals surface area (Å²) in [4.78, 5) is 14.1. The maximum absolute atomic E-state index is 11.8. The largest absolute Gasteiger partial charge is 0.374 e. The van der Waals surface area contributed by atoms with Gasteiger partial charge in [-0.2, -0.15) is 0 Å². The highest BCUT2D eigenvalue weighted by Gasteiger charge is 2.25. The highest BCUT2D eigenvalue weighted by molar-refractivity contribution is 5.81. The number of fused-ring (bicyclic) bond motifs is 1. The Bertz CT molecular complexity index is 671. The molecule has 0 unspecified atom stereocenters. The molecule has 1 amide bonds. The molecule has 0 fully saturated rings. The van der Waals surface area contributed by atoms with E-state index in [2.05, 4.69) is 41.5 Å². The average Bonchev–Trinajstić information content (AvgIpc) is 2.58. The quantitative estimate of drug-likeness (QED) is 0.892. The highest BCUT2D eigenvalue weighted by Crippen LogP contribution is 2.34. The fraction of sp³-hybridized carbons (Fsp3) is 0.316. The van der Waals surface area contributed by atoms with Crippen molar-refractivity contribution in [2.45, 2.75) is 18.4 Å². The number of primary amides is 1. The topological polar surface area (TPSA) is 58.4 Å². The number of hydrogen-bond acceptors (Lipinski definition) is 3. The van der Waals surface area contributed by atoms with Crippen LogP contribution in [0.15, 0.2) is 54.6 Å². The Kier molecular flexibility index (Phi) is 4.63. The second-order valence-corrected chi connectivity index (χ2v) is 6.12. The summed E-state index contributed by atoms with van der Waals surface area (Å²) in [5.41, 5.74) is 9.13. The van der Waals surface area contributed by atoms with Gasteiger partial charge in [-0.1, -0.05) is 48.5 Å². The third-order valence-electron chi connectivity index (χ3n) is 4.59. The van der Waals surface area contributed by atoms with E-state index < -0.39 is 6.04 Å². The van der Waals surface area contributed by atoms with Crippen molar-refractivity contribution in [3.05, 3.63) is 65.7 Å². The first kappa shape index (κ1) is 15.6. The van der Waals surface area contributed by atoms with E-state index in [1.807, 2.05) is 30.3 Å². The predicted octanol–water partition coefficient (Wildman–Crippen LogP) is 2.43. The molecule has 0 radical (unpaired) electrons. The minimum absolute atomic E-state index is 0.336. The number of para-hydroxylation sites is 1. The molecule has 0 saturated heterocycles. The molecule has 1 heterocycles. The number of anilines is 1. The minimum Gasteiger partial charge on any atom is -0.374 e. The Labute approximate surface area is 137 Å². The molecular formula is C19H23N3O. The molecule has 4 nitrogen and oxygen atoms in total. The van der Waals surface area contributed by atoms with Gasteiger partial charge in [0.15, 0.2) is 0 Å². The van der Waals surface area contributed by atoms with Gasteiger partial charge in [0.25, 0.3) is 0 Å². The number of amides is 1. The van der Waals surface area contributed by atoms with Crippen LogP contribution < -0.4 is 16.0 Å². The molecule has 0 aliphatic carbocycles. The lowest BCUT2D eigenvalue weighted by atomic mass is 9.89. The zero-order valence-corrected chi connectivity index (χ0v) is 13.4. The van der Waals surface area contributed by atoms with Crippen LogP contribution in [0.1, 0.15) is 29.5 Å². The van der Waals surface area contributed by atoms with E-state index in [4.69, 9.17) is 5.73 Å². The second-order valence-electron chi connectivity index (χ2n) is 6.12. The van der Waals surface area contributed by atoms with Crippen molar-refractivity contribution in [3.63, 3.8) is 0 Å². The SMILES string of the molecule is CN1CC[C@H](CN[C@H](C(N)=O)c2ccccc2)c2ccccc21. The van der Waals surface area contributed by atoms with Gasteiger partial charge in [-0.15, -0.1) is 0 Å². The standard InChI is InChI=1S/C19H23N3O/c1-22-12-11-15(16-9-5-6-10-17(16)22)13-21-18(19(20)23)14-7-3-2-4-8-14/h2-10,15,18,21H,11-13H2,1H3,(H2,20,23)/t15-,18+/m1/s1. The molecule has 4 heteroatoms. The molecule has 1 aliphatic heterocycles. The Morgan fingerprint density at radius 1 is 1.22 bits per heavy atom. The van der Waals surface area contributed by atoms with Gasteiger partial charge in [0.05, 0.1) is 0 Å². The van der Waals surface area contributed by atoms with E-state index in [1.54, 1.807) is 0 Å². The van der Waals surface area contributed by atoms with Crippen LogP contribution in [0.5, 0.6) is 0 Å². The molecule has 23 heavy (non-hydrogen) atoms. The van der Waals surface area contributed by atoms with Crippen molar-refractivity contribution in [3.8, 4) is 0 Å². The van der Waals surface area contributed by atoms with E-state index in [0.29, 0.717) is 5.92 Å². The van der Waals surface area contributed by atoms with Crippen molar-refractivity contribution < 1.29 is 4.79 Å². The Hall–Kier alpha value is -2.33. The van der Waals surface area contributed by atoms with Gasteiger partial charge >= 0.3 is 0 Å². The van der Waals surface area contributed by atoms with E-state index in [1.165, 1.54) is 11.3 Å². The Balaban J connectivity index is 1.75. The molecular weight excluding hydrogens is 286 g/mol. The molecule has 0 bridgehead atoms. The summed E-state index contributed by atoms with van der Waals surface area (Å²) in [6.07, 6.45) is 1.07. The molecule has 0 aromatic heterocycles. The Morgan fingerprint density at radius 2 is 1.91 bits per heavy atom. The van der Waals surface area contributed by atoms with Gasteiger partial charge in [0.1, 0.15) is 6.04 Å². The van der Waals surface area contributed by atoms with E-state index in [9.17, 15) is 4.79 Å². The number of rotatable bonds is 5. The van der Waals surface area contributed by atoms with Crippen LogP contribution in [-0.4, -0.2) is 26.0 Å². The van der Waals surface area contributed by atoms with Crippen molar-refractivity contribution in [2.75, 3.05) is 25.0 Å². The van der Waals surface area contributed by atoms with Crippen LogP contribution in [0, 0.1) is 0 Å². The Morgan fingerprint density at radius 3 is 2.65 bits per heavy atom. The number of hydrogen-bond donors (Lipinski definition) is 2. The highest BCUT2D eigenvalue weighted by atomic mass is 16.1. The van der Waals surface area contributed by atoms with Crippen LogP contribution in [0.25, 0.3) is 0 Å². The normalized spacial score (nSPS) is 18.3. The maximum atomic E-state index is 11.8. The van der Waals surface area contributed by atoms with Crippen LogP contribution in [0.2, 0.25) is 0 Å². The number of benzene rings is 2. The van der Waals surface area contributed by atoms with Gasteiger partial charge in [-0.25, -0.2) is 0 Å². The first-order valence-corrected chi connectivity index (χ1v) is 8.04. The van der Waals surface area contributed by atoms with Crippen molar-refractivity contribution in [1.29, 1.82) is 0 Å². The second kappa shape index (κ2) is 6.84. The van der Waals surface area contributed by atoms with E-state index in [0.717, 1.165) is 25.1 Å². The zero-order chi connectivity index (χ0) is 16.2. The third kappa shape index (κ3) is 3.37. The predicted molar refractivity (Wildman–Crippen MR) is 93.5 cm³/mol. The lowest BCUT2D eigenvalue weighted by Crippen LogP contribution is -2.38. The number of carbonyl (C=O) groups excluding carboxylic acids is 1. The summed E-state index contributed by atoms with van der Waals surface area (Å²) >= 11 is 0. The van der Waals surface area contributed by atoms with Crippen LogP contribution in [0.4, 0.5) is 5.69 Å². The van der Waals surface area contributed by atoms with Crippen LogP contribution in [-0.2, 0) is 4.79 Å². The molecule has 120 valence electrons. The maximum Gasteiger partial charge on any atom is 0.239 e. The van der Waals surface area contributed by atoms with E-state index in [-0.39, 0.29) is 5.91 Å². The molecule has 2 atom stereocenters. The fourth-order valence-electron chi connectivity index (χ4n) is 3.31. The molecule has 0 saturated carbocycles. The molecule has 3 rings (SSSR count). The minimum atomic E-state index is -0.442. The van der Waals surface area contributed by atoms with Gasteiger partial charge in [-0.3, -0.25) is 4.79 Å². The van der Waals surface area contributed by atoms with Crippen LogP contribution in [0.3, 0.4) is 0 Å². The number of nitrogens with two attached hydrogens (primary N) is 1. The molecule has 1 aliphatic rings. The van der Waals surface area contributed by atoms with Crippen molar-refractivity contribution in [1.82, 2.24) is 5.32 Å². The molecule has 3 N–H and O–H groups in total. The average molecular weight is 309 g/mol. The molecule has 0 spiro atoms. The number of nitrogens with one attached hydrogen (secondary N) is 1. The van der Waals surface area contributed by atoms with Crippen LogP contribution >= 0.6 is 0 Å². The van der Waals surface area contributed by atoms with Gasteiger partial charge in [0, 0.05) is 31.7 Å². The summed E-state index contributed by atoms with van der Waals surface area (Å²) in [7, 11) is 2.12. The lowest BCUT2D eigenvalue weighted by molar-refractivity contribution is -0.120. The van der Waals surface area contributed by atoms with Gasteiger partial charge in [-0.05, 0) is 23.6 Å². The van der Waals surface area contributed by atoms with Crippen molar-refractivity contribution in [2.24, 2.45) is 5.73 Å². The van der Waals surface area contributed by atoms with Gasteiger partial charge in [0.2, 0.25) is 5.91 Å². The lowest BCUT2D eigenvalue weighted by Gasteiger charge is -2.34.